The molecule has 1 saturated carbocycles. The van der Waals surface area contributed by atoms with Gasteiger partial charge in [0.2, 0.25) is 11.8 Å². The van der Waals surface area contributed by atoms with Crippen LogP contribution in [0.1, 0.15) is 30.6 Å². The Morgan fingerprint density at radius 3 is 2.30 bits per heavy atom. The number of likely N-dealkylation sites (N-methyl/N-ethyl adjacent to an activating group) is 1. The van der Waals surface area contributed by atoms with Crippen LogP contribution in [-0.2, 0) is 14.3 Å². The summed E-state index contributed by atoms with van der Waals surface area (Å²) in [5, 5.41) is 2.84. The SMILES string of the molecule is CCOC(=O)c1ccc(NC(=O)C2CC2C(=O)N2CCN(CC)CC2)cc1. The van der Waals surface area contributed by atoms with Crippen molar-refractivity contribution in [2.75, 3.05) is 44.6 Å². The van der Waals surface area contributed by atoms with E-state index in [1.807, 2.05) is 4.90 Å². The van der Waals surface area contributed by atoms with E-state index in [4.69, 9.17) is 4.74 Å². The van der Waals surface area contributed by atoms with Crippen molar-refractivity contribution in [1.29, 1.82) is 0 Å². The first kappa shape index (κ1) is 19.4. The lowest BCUT2D eigenvalue weighted by molar-refractivity contribution is -0.135. The number of nitrogens with zero attached hydrogens (tertiary/aromatic N) is 2. The van der Waals surface area contributed by atoms with Crippen molar-refractivity contribution in [2.24, 2.45) is 11.8 Å². The number of esters is 1. The smallest absolute Gasteiger partial charge is 0.338 e. The highest BCUT2D eigenvalue weighted by Gasteiger charge is 2.49. The highest BCUT2D eigenvalue weighted by Crippen LogP contribution is 2.41. The molecule has 0 bridgehead atoms. The van der Waals surface area contributed by atoms with Crippen molar-refractivity contribution in [2.45, 2.75) is 20.3 Å². The Labute approximate surface area is 159 Å². The molecule has 7 nitrogen and oxygen atoms in total. The summed E-state index contributed by atoms with van der Waals surface area (Å²) < 4.78 is 4.94. The zero-order valence-corrected chi connectivity index (χ0v) is 15.9. The number of hydrogen-bond acceptors (Lipinski definition) is 5. The third kappa shape index (κ3) is 4.66. The second kappa shape index (κ2) is 8.52. The zero-order valence-electron chi connectivity index (χ0n) is 15.9. The van der Waals surface area contributed by atoms with E-state index >= 15 is 0 Å². The van der Waals surface area contributed by atoms with Crippen molar-refractivity contribution in [1.82, 2.24) is 9.80 Å². The lowest BCUT2D eigenvalue weighted by Gasteiger charge is -2.34. The number of piperazine rings is 1. The van der Waals surface area contributed by atoms with Crippen molar-refractivity contribution < 1.29 is 19.1 Å². The van der Waals surface area contributed by atoms with Crippen molar-refractivity contribution >= 4 is 23.5 Å². The van der Waals surface area contributed by atoms with E-state index in [0.29, 0.717) is 24.3 Å². The van der Waals surface area contributed by atoms with Crippen molar-refractivity contribution in [3.05, 3.63) is 29.8 Å². The number of carbonyl (C=O) groups excluding carboxylic acids is 3. The van der Waals surface area contributed by atoms with Gasteiger partial charge in [-0.05, 0) is 44.2 Å². The minimum atomic E-state index is -0.383. The largest absolute Gasteiger partial charge is 0.462 e. The van der Waals surface area contributed by atoms with E-state index in [9.17, 15) is 14.4 Å². The molecule has 3 rings (SSSR count). The van der Waals surface area contributed by atoms with E-state index < -0.39 is 0 Å². The summed E-state index contributed by atoms with van der Waals surface area (Å²) in [7, 11) is 0. The second-order valence-electron chi connectivity index (χ2n) is 7.00. The van der Waals surface area contributed by atoms with Gasteiger partial charge in [-0.15, -0.1) is 0 Å². The van der Waals surface area contributed by atoms with Crippen LogP contribution in [0.25, 0.3) is 0 Å². The van der Waals surface area contributed by atoms with Gasteiger partial charge in [0.05, 0.1) is 24.0 Å². The fourth-order valence-corrected chi connectivity index (χ4v) is 3.42. The van der Waals surface area contributed by atoms with E-state index in [0.717, 1.165) is 32.7 Å². The van der Waals surface area contributed by atoms with Crippen molar-refractivity contribution in [3.8, 4) is 0 Å². The van der Waals surface area contributed by atoms with E-state index in [1.165, 1.54) is 0 Å². The summed E-state index contributed by atoms with van der Waals surface area (Å²) in [6, 6.07) is 6.59. The molecule has 2 atom stereocenters. The normalized spacial score (nSPS) is 22.2. The molecular formula is C20H27N3O4. The predicted octanol–water partition coefficient (Wildman–Crippen LogP) is 1.60. The fourth-order valence-electron chi connectivity index (χ4n) is 3.42. The number of anilines is 1. The average Bonchev–Trinajstić information content (AvgIpc) is 3.49. The molecule has 7 heteroatoms. The zero-order chi connectivity index (χ0) is 19.4. The Kier molecular flexibility index (Phi) is 6.11. The molecule has 2 amide bonds. The Bertz CT molecular complexity index is 696. The van der Waals surface area contributed by atoms with Crippen LogP contribution in [0.4, 0.5) is 5.69 Å². The molecule has 27 heavy (non-hydrogen) atoms. The van der Waals surface area contributed by atoms with Gasteiger partial charge in [-0.2, -0.15) is 0 Å². The highest BCUT2D eigenvalue weighted by atomic mass is 16.5. The standard InChI is InChI=1S/C20H27N3O4/c1-3-22-9-11-23(12-10-22)19(25)17-13-16(17)18(24)21-15-7-5-14(6-8-15)20(26)27-4-2/h5-8,16-17H,3-4,9-13H2,1-2H3,(H,21,24). The van der Waals surface area contributed by atoms with Gasteiger partial charge in [0.15, 0.2) is 0 Å². The Hall–Kier alpha value is -2.41. The van der Waals surface area contributed by atoms with Gasteiger partial charge < -0.3 is 19.9 Å². The first-order valence-electron chi connectivity index (χ1n) is 9.62. The van der Waals surface area contributed by atoms with Crippen molar-refractivity contribution in [3.63, 3.8) is 0 Å². The summed E-state index contributed by atoms with van der Waals surface area (Å²) in [5.41, 5.74) is 1.06. The molecule has 2 fully saturated rings. The Balaban J connectivity index is 1.48. The van der Waals surface area contributed by atoms with E-state index in [1.54, 1.807) is 31.2 Å². The minimum absolute atomic E-state index is 0.101. The maximum Gasteiger partial charge on any atom is 0.338 e. The van der Waals surface area contributed by atoms with Gasteiger partial charge in [0, 0.05) is 31.9 Å². The summed E-state index contributed by atoms with van der Waals surface area (Å²) in [6.45, 7) is 8.49. The molecule has 2 unspecified atom stereocenters. The summed E-state index contributed by atoms with van der Waals surface area (Å²) in [6.07, 6.45) is 0.611. The van der Waals surface area contributed by atoms with Crippen LogP contribution in [0.3, 0.4) is 0 Å². The molecule has 146 valence electrons. The number of benzene rings is 1. The van der Waals surface area contributed by atoms with Gasteiger partial charge in [-0.1, -0.05) is 6.92 Å². The van der Waals surface area contributed by atoms with E-state index in [2.05, 4.69) is 17.1 Å². The summed E-state index contributed by atoms with van der Waals surface area (Å²) in [4.78, 5) is 40.8. The molecular weight excluding hydrogens is 346 g/mol. The lowest BCUT2D eigenvalue weighted by atomic mass is 10.2. The van der Waals surface area contributed by atoms with Gasteiger partial charge in [-0.3, -0.25) is 9.59 Å². The van der Waals surface area contributed by atoms with Gasteiger partial charge >= 0.3 is 5.97 Å². The van der Waals surface area contributed by atoms with Crippen LogP contribution in [0, 0.1) is 11.8 Å². The molecule has 1 saturated heterocycles. The molecule has 0 spiro atoms. The summed E-state index contributed by atoms with van der Waals surface area (Å²) >= 11 is 0. The van der Waals surface area contributed by atoms with Crippen LogP contribution >= 0.6 is 0 Å². The molecule has 0 aromatic heterocycles. The average molecular weight is 373 g/mol. The Morgan fingerprint density at radius 2 is 1.70 bits per heavy atom. The molecule has 2 aliphatic rings. The fraction of sp³-hybridized carbons (Fsp3) is 0.550. The first-order chi connectivity index (χ1) is 13.0. The van der Waals surface area contributed by atoms with Crippen LogP contribution < -0.4 is 5.32 Å². The summed E-state index contributed by atoms with van der Waals surface area (Å²) in [5.74, 6) is -0.872. The Morgan fingerprint density at radius 1 is 1.04 bits per heavy atom. The lowest BCUT2D eigenvalue weighted by Crippen LogP contribution is -2.49. The van der Waals surface area contributed by atoms with Gasteiger partial charge in [-0.25, -0.2) is 4.79 Å². The van der Waals surface area contributed by atoms with E-state index in [-0.39, 0.29) is 29.6 Å². The molecule has 1 aromatic carbocycles. The maximum absolute atomic E-state index is 12.6. The third-order valence-corrected chi connectivity index (χ3v) is 5.24. The second-order valence-corrected chi connectivity index (χ2v) is 7.00. The number of hydrogen-bond donors (Lipinski definition) is 1. The third-order valence-electron chi connectivity index (χ3n) is 5.24. The quantitative estimate of drug-likeness (QED) is 0.767. The monoisotopic (exact) mass is 373 g/mol. The number of ether oxygens (including phenoxy) is 1. The highest BCUT2D eigenvalue weighted by molar-refractivity contribution is 6.00. The molecule has 1 aliphatic heterocycles. The maximum atomic E-state index is 12.6. The molecule has 1 aromatic rings. The van der Waals surface area contributed by atoms with Gasteiger partial charge in [0.25, 0.3) is 0 Å². The topological polar surface area (TPSA) is 78.9 Å². The molecule has 1 N–H and O–H groups in total. The van der Waals surface area contributed by atoms with Gasteiger partial charge in [0.1, 0.15) is 0 Å². The number of amides is 2. The van der Waals surface area contributed by atoms with Crippen LogP contribution in [0.2, 0.25) is 0 Å². The predicted molar refractivity (Wildman–Crippen MR) is 101 cm³/mol. The molecule has 1 heterocycles. The number of rotatable bonds is 6. The van der Waals surface area contributed by atoms with Crippen LogP contribution in [-0.4, -0.2) is 66.9 Å². The molecule has 0 radical (unpaired) electrons. The minimum Gasteiger partial charge on any atom is -0.462 e. The number of nitrogens with one attached hydrogen (secondary N) is 1. The first-order valence-corrected chi connectivity index (χ1v) is 9.62. The number of carbonyl (C=O) groups is 3. The van der Waals surface area contributed by atoms with Crippen LogP contribution in [0.15, 0.2) is 24.3 Å². The van der Waals surface area contributed by atoms with Crippen LogP contribution in [0.5, 0.6) is 0 Å². The molecule has 1 aliphatic carbocycles.